The van der Waals surface area contributed by atoms with Crippen LogP contribution < -0.4 is 0 Å². The van der Waals surface area contributed by atoms with Crippen molar-refractivity contribution in [1.82, 2.24) is 4.90 Å². The van der Waals surface area contributed by atoms with Crippen LogP contribution in [0.5, 0.6) is 0 Å². The van der Waals surface area contributed by atoms with Gasteiger partial charge in [0.2, 0.25) is 0 Å². The van der Waals surface area contributed by atoms with E-state index in [0.29, 0.717) is 24.8 Å². The van der Waals surface area contributed by atoms with Crippen LogP contribution in [0.4, 0.5) is 0 Å². The summed E-state index contributed by atoms with van der Waals surface area (Å²) in [5.41, 5.74) is -1.37. The second-order valence-corrected chi connectivity index (χ2v) is 13.6. The number of hydrogen-bond donors (Lipinski definition) is 2. The van der Waals surface area contributed by atoms with Crippen molar-refractivity contribution in [2.24, 2.45) is 17.8 Å². The van der Waals surface area contributed by atoms with E-state index in [4.69, 9.17) is 23.7 Å². The summed E-state index contributed by atoms with van der Waals surface area (Å²) in [5, 5.41) is 22.9. The number of esters is 1. The van der Waals surface area contributed by atoms with Crippen molar-refractivity contribution in [2.75, 3.05) is 14.1 Å². The van der Waals surface area contributed by atoms with Crippen molar-refractivity contribution in [3.63, 3.8) is 0 Å². The van der Waals surface area contributed by atoms with Gasteiger partial charge in [0, 0.05) is 24.3 Å². The first kappa shape index (κ1) is 32.5. The highest BCUT2D eigenvalue weighted by Gasteiger charge is 2.65. The van der Waals surface area contributed by atoms with Crippen LogP contribution in [0.15, 0.2) is 11.6 Å². The molecule has 4 aliphatic heterocycles. The third-order valence-corrected chi connectivity index (χ3v) is 9.79. The number of rotatable bonds is 6. The number of Topliss-reactive ketones (excluding diaryl/α,β-unsaturated/α-hetero) is 1. The van der Waals surface area contributed by atoms with Crippen LogP contribution in [-0.4, -0.2) is 101 Å². The van der Waals surface area contributed by atoms with Crippen LogP contribution in [0, 0.1) is 17.8 Å². The van der Waals surface area contributed by atoms with Gasteiger partial charge in [0.25, 0.3) is 0 Å². The molecule has 0 radical (unpaired) electrons. The van der Waals surface area contributed by atoms with Gasteiger partial charge in [-0.3, -0.25) is 9.59 Å². The fraction of sp³-hybridized carbons (Fsp3) is 0.871. The van der Waals surface area contributed by atoms with E-state index < -0.39 is 65.5 Å². The number of fused-ring (bicyclic) bond motifs is 2. The van der Waals surface area contributed by atoms with Gasteiger partial charge in [-0.25, -0.2) is 0 Å². The SMILES string of the molecule is CC[C@H]1OC(=O)[C@H](C)[C@@H](O)[C@H](C)[C@@H](O[C@@H]2O[C@H](C)C[C@H](N(C)C)[C@H]2O)[C@@]2(C)CC(C)C3(OC1(C)C=C3CC(C)=O)O2. The Kier molecular flexibility index (Phi) is 9.20. The third kappa shape index (κ3) is 5.78. The summed E-state index contributed by atoms with van der Waals surface area (Å²) >= 11 is 0. The number of carbonyl (C=O) groups excluding carboxylic acids is 2. The molecule has 0 aliphatic carbocycles. The zero-order valence-electron chi connectivity index (χ0n) is 26.4. The third-order valence-electron chi connectivity index (χ3n) is 9.79. The molecule has 0 aromatic carbocycles. The first-order chi connectivity index (χ1) is 19.0. The Labute approximate surface area is 244 Å². The quantitative estimate of drug-likeness (QED) is 0.357. The maximum Gasteiger partial charge on any atom is 0.311 e. The molecule has 10 heteroatoms. The molecule has 1 spiro atoms. The number of ether oxygens (including phenoxy) is 5. The lowest BCUT2D eigenvalue weighted by molar-refractivity contribution is -0.328. The highest BCUT2D eigenvalue weighted by molar-refractivity contribution is 5.79. The molecule has 10 nitrogen and oxygen atoms in total. The van der Waals surface area contributed by atoms with Crippen molar-refractivity contribution in [2.45, 2.75) is 141 Å². The smallest absolute Gasteiger partial charge is 0.311 e. The Hall–Kier alpha value is -1.40. The molecule has 4 rings (SSSR count). The molecule has 0 saturated carbocycles. The van der Waals surface area contributed by atoms with E-state index in [1.165, 1.54) is 6.92 Å². The van der Waals surface area contributed by atoms with Gasteiger partial charge in [0.05, 0.1) is 29.8 Å². The Morgan fingerprint density at radius 2 is 1.78 bits per heavy atom. The molecule has 4 heterocycles. The predicted molar refractivity (Wildman–Crippen MR) is 151 cm³/mol. The average molecular weight is 582 g/mol. The number of carbonyl (C=O) groups is 2. The van der Waals surface area contributed by atoms with Gasteiger partial charge in [-0.2, -0.15) is 0 Å². The topological polar surface area (TPSA) is 124 Å². The van der Waals surface area contributed by atoms with E-state index in [2.05, 4.69) is 0 Å². The van der Waals surface area contributed by atoms with Crippen molar-refractivity contribution in [3.05, 3.63) is 11.6 Å². The van der Waals surface area contributed by atoms with E-state index in [9.17, 15) is 19.8 Å². The number of ketones is 1. The largest absolute Gasteiger partial charge is 0.459 e. The summed E-state index contributed by atoms with van der Waals surface area (Å²) < 4.78 is 32.6. The van der Waals surface area contributed by atoms with Crippen molar-refractivity contribution in [3.8, 4) is 0 Å². The van der Waals surface area contributed by atoms with Crippen LogP contribution in [0.1, 0.15) is 81.1 Å². The van der Waals surface area contributed by atoms with E-state index in [0.717, 1.165) is 0 Å². The van der Waals surface area contributed by atoms with Gasteiger partial charge in [0.1, 0.15) is 23.6 Å². The minimum atomic E-state index is -1.25. The van der Waals surface area contributed by atoms with E-state index in [1.807, 2.05) is 66.6 Å². The van der Waals surface area contributed by atoms with Crippen LogP contribution in [0.3, 0.4) is 0 Å². The highest BCUT2D eigenvalue weighted by Crippen LogP contribution is 2.57. The second-order valence-electron chi connectivity index (χ2n) is 13.6. The number of nitrogens with zero attached hydrogens (tertiary/aromatic N) is 1. The van der Waals surface area contributed by atoms with Crippen LogP contribution in [0.25, 0.3) is 0 Å². The first-order valence-electron chi connectivity index (χ1n) is 15.1. The number of aliphatic hydroxyl groups is 2. The monoisotopic (exact) mass is 581 g/mol. The summed E-state index contributed by atoms with van der Waals surface area (Å²) in [6.45, 7) is 14.7. The van der Waals surface area contributed by atoms with Gasteiger partial charge < -0.3 is 38.8 Å². The predicted octanol–water partition coefficient (Wildman–Crippen LogP) is 2.97. The maximum atomic E-state index is 13.4. The number of hydrogen-bond acceptors (Lipinski definition) is 10. The zero-order valence-corrected chi connectivity index (χ0v) is 26.4. The molecule has 13 atom stereocenters. The molecular formula is C31H51NO9. The average Bonchev–Trinajstić information content (AvgIpc) is 3.31. The van der Waals surface area contributed by atoms with Crippen LogP contribution in [-0.2, 0) is 33.3 Å². The van der Waals surface area contributed by atoms with Gasteiger partial charge in [-0.15, -0.1) is 0 Å². The standard InChI is InChI=1S/C31H51NO9/c1-11-23-29(7)15-21(12-17(3)33)31(40-29)16(2)14-30(8,41-31)26(19(5)24(34)20(6)27(36)38-23)39-28-25(35)22(32(9)10)13-18(4)37-28/h15-16,18-20,22-26,28,34-35H,11-14H2,1-10H3/t16?,18-,19+,20-,22+,23-,24+,25-,26-,28+,29?,30-,31?/m1/s1. The van der Waals surface area contributed by atoms with Gasteiger partial charge >= 0.3 is 5.97 Å². The summed E-state index contributed by atoms with van der Waals surface area (Å²) in [6.07, 6.45) is -1.07. The molecule has 4 aliphatic rings. The van der Waals surface area contributed by atoms with Crippen LogP contribution >= 0.6 is 0 Å². The van der Waals surface area contributed by atoms with Crippen molar-refractivity contribution >= 4 is 11.8 Å². The van der Waals surface area contributed by atoms with Gasteiger partial charge in [0.15, 0.2) is 12.1 Å². The summed E-state index contributed by atoms with van der Waals surface area (Å²) in [6, 6.07) is -0.193. The molecule has 3 bridgehead atoms. The zero-order chi connectivity index (χ0) is 30.7. The fourth-order valence-corrected chi connectivity index (χ4v) is 7.63. The molecule has 0 amide bonds. The lowest BCUT2D eigenvalue weighted by atomic mass is 9.78. The molecule has 3 fully saturated rings. The van der Waals surface area contributed by atoms with Gasteiger partial charge in [-0.05, 0) is 79.6 Å². The summed E-state index contributed by atoms with van der Waals surface area (Å²) in [5.74, 6) is -3.51. The van der Waals surface area contributed by atoms with E-state index >= 15 is 0 Å². The highest BCUT2D eigenvalue weighted by atomic mass is 16.8. The van der Waals surface area contributed by atoms with Crippen LogP contribution in [0.2, 0.25) is 0 Å². The minimum Gasteiger partial charge on any atom is -0.459 e. The fourth-order valence-electron chi connectivity index (χ4n) is 7.63. The Bertz CT molecular complexity index is 1030. The normalized spacial score (nSPS) is 48.8. The Morgan fingerprint density at radius 1 is 1.12 bits per heavy atom. The van der Waals surface area contributed by atoms with Crippen molar-refractivity contribution < 1.29 is 43.5 Å². The molecular weight excluding hydrogens is 530 g/mol. The number of likely N-dealkylation sites (N-methyl/N-ethyl adjacent to an activating group) is 1. The maximum absolute atomic E-state index is 13.4. The molecule has 234 valence electrons. The van der Waals surface area contributed by atoms with E-state index in [1.54, 1.807) is 6.92 Å². The first-order valence-corrected chi connectivity index (χ1v) is 15.1. The Balaban J connectivity index is 1.81. The van der Waals surface area contributed by atoms with Gasteiger partial charge in [-0.1, -0.05) is 20.8 Å². The molecule has 3 saturated heterocycles. The lowest BCUT2D eigenvalue weighted by Gasteiger charge is -2.47. The molecule has 0 aromatic heterocycles. The molecule has 3 unspecified atom stereocenters. The summed E-state index contributed by atoms with van der Waals surface area (Å²) in [4.78, 5) is 27.8. The van der Waals surface area contributed by atoms with E-state index in [-0.39, 0.29) is 30.3 Å². The molecule has 0 aromatic rings. The number of aliphatic hydroxyl groups excluding tert-OH is 2. The second kappa shape index (κ2) is 11.6. The summed E-state index contributed by atoms with van der Waals surface area (Å²) in [7, 11) is 3.82. The Morgan fingerprint density at radius 3 is 2.37 bits per heavy atom. The number of cyclic esters (lactones) is 1. The molecule has 41 heavy (non-hydrogen) atoms. The molecule has 2 N–H and O–H groups in total. The van der Waals surface area contributed by atoms with Crippen molar-refractivity contribution in [1.29, 1.82) is 0 Å². The minimum absolute atomic E-state index is 0.0325. The lowest BCUT2D eigenvalue weighted by Crippen LogP contribution is -2.59.